The first-order valence-corrected chi connectivity index (χ1v) is 5.77. The summed E-state index contributed by atoms with van der Waals surface area (Å²) in [5, 5.41) is 2.98. The number of hydrogen-bond donors (Lipinski definition) is 2. The predicted octanol–water partition coefficient (Wildman–Crippen LogP) is 0.461. The van der Waals surface area contributed by atoms with Gasteiger partial charge in [-0.1, -0.05) is 6.42 Å². The molecule has 16 heavy (non-hydrogen) atoms. The highest BCUT2D eigenvalue weighted by molar-refractivity contribution is 5.85. The van der Waals surface area contributed by atoms with Crippen molar-refractivity contribution in [2.24, 2.45) is 17.6 Å². The van der Waals surface area contributed by atoms with Gasteiger partial charge in [-0.05, 0) is 39.4 Å². The van der Waals surface area contributed by atoms with E-state index in [9.17, 15) is 4.79 Å². The molecule has 0 bridgehead atoms. The molecule has 1 saturated carbocycles. The number of carbonyl (C=O) groups is 1. The second-order valence-electron chi connectivity index (χ2n) is 4.63. The van der Waals surface area contributed by atoms with Gasteiger partial charge in [0, 0.05) is 19.0 Å². The zero-order chi connectivity index (χ0) is 11.3. The Hall–Kier alpha value is -0.320. The SMILES string of the molecule is CN(C)CCNC(=O)[C@@H]1CCC[C@@H]1CN.Cl. The van der Waals surface area contributed by atoms with E-state index in [0.717, 1.165) is 32.4 Å². The van der Waals surface area contributed by atoms with Crippen LogP contribution in [-0.2, 0) is 4.79 Å². The van der Waals surface area contributed by atoms with E-state index in [2.05, 4.69) is 10.2 Å². The Labute approximate surface area is 104 Å². The first-order valence-electron chi connectivity index (χ1n) is 5.77. The minimum Gasteiger partial charge on any atom is -0.355 e. The van der Waals surface area contributed by atoms with Crippen molar-refractivity contribution in [2.45, 2.75) is 19.3 Å². The molecule has 3 N–H and O–H groups in total. The summed E-state index contributed by atoms with van der Waals surface area (Å²) in [4.78, 5) is 13.9. The normalized spacial score (nSPS) is 24.2. The molecule has 5 heteroatoms. The van der Waals surface area contributed by atoms with Crippen LogP contribution in [0.3, 0.4) is 0 Å². The van der Waals surface area contributed by atoms with E-state index in [4.69, 9.17) is 5.73 Å². The first kappa shape index (κ1) is 15.7. The predicted molar refractivity (Wildman–Crippen MR) is 68.7 cm³/mol. The average Bonchev–Trinajstić information content (AvgIpc) is 2.64. The van der Waals surface area contributed by atoms with E-state index >= 15 is 0 Å². The third-order valence-corrected chi connectivity index (χ3v) is 3.16. The van der Waals surface area contributed by atoms with Crippen molar-refractivity contribution in [1.82, 2.24) is 10.2 Å². The number of likely N-dealkylation sites (N-methyl/N-ethyl adjacent to an activating group) is 1. The monoisotopic (exact) mass is 249 g/mol. The molecule has 0 radical (unpaired) electrons. The van der Waals surface area contributed by atoms with Crippen LogP contribution >= 0.6 is 12.4 Å². The van der Waals surface area contributed by atoms with Crippen LogP contribution in [-0.4, -0.2) is 44.5 Å². The number of halogens is 1. The lowest BCUT2D eigenvalue weighted by atomic mass is 9.95. The quantitative estimate of drug-likeness (QED) is 0.745. The molecular weight excluding hydrogens is 226 g/mol. The lowest BCUT2D eigenvalue weighted by Gasteiger charge is -2.18. The van der Waals surface area contributed by atoms with Crippen LogP contribution < -0.4 is 11.1 Å². The molecule has 4 nitrogen and oxygen atoms in total. The van der Waals surface area contributed by atoms with Crippen LogP contribution in [0.4, 0.5) is 0 Å². The fourth-order valence-corrected chi connectivity index (χ4v) is 2.20. The van der Waals surface area contributed by atoms with Gasteiger partial charge < -0.3 is 16.0 Å². The third kappa shape index (κ3) is 4.68. The summed E-state index contributed by atoms with van der Waals surface area (Å²) in [5.74, 6) is 0.770. The van der Waals surface area contributed by atoms with E-state index in [1.165, 1.54) is 0 Å². The fourth-order valence-electron chi connectivity index (χ4n) is 2.20. The minimum atomic E-state index is 0. The highest BCUT2D eigenvalue weighted by atomic mass is 35.5. The number of nitrogens with one attached hydrogen (secondary N) is 1. The molecule has 0 aromatic rings. The number of nitrogens with two attached hydrogens (primary N) is 1. The Morgan fingerprint density at radius 3 is 2.69 bits per heavy atom. The van der Waals surface area contributed by atoms with Gasteiger partial charge in [-0.3, -0.25) is 4.79 Å². The van der Waals surface area contributed by atoms with Crippen LogP contribution in [0.5, 0.6) is 0 Å². The minimum absolute atomic E-state index is 0. The van der Waals surface area contributed by atoms with E-state index in [1.807, 2.05) is 14.1 Å². The van der Waals surface area contributed by atoms with Crippen LogP contribution in [0, 0.1) is 11.8 Å². The first-order chi connectivity index (χ1) is 7.15. The number of carbonyl (C=O) groups excluding carboxylic acids is 1. The van der Waals surface area contributed by atoms with Crippen molar-refractivity contribution in [3.63, 3.8) is 0 Å². The molecule has 0 spiro atoms. The molecule has 0 aromatic heterocycles. The maximum Gasteiger partial charge on any atom is 0.223 e. The molecular formula is C11H24ClN3O. The Bertz CT molecular complexity index is 211. The Morgan fingerprint density at radius 1 is 1.44 bits per heavy atom. The van der Waals surface area contributed by atoms with E-state index in [1.54, 1.807) is 0 Å². The van der Waals surface area contributed by atoms with Crippen LogP contribution in [0.2, 0.25) is 0 Å². The molecule has 0 unspecified atom stereocenters. The lowest BCUT2D eigenvalue weighted by molar-refractivity contribution is -0.125. The van der Waals surface area contributed by atoms with Crippen molar-refractivity contribution in [1.29, 1.82) is 0 Å². The molecule has 96 valence electrons. The van der Waals surface area contributed by atoms with Gasteiger partial charge in [-0.25, -0.2) is 0 Å². The summed E-state index contributed by atoms with van der Waals surface area (Å²) in [6.45, 7) is 2.27. The van der Waals surface area contributed by atoms with Crippen molar-refractivity contribution in [3.8, 4) is 0 Å². The maximum atomic E-state index is 11.8. The summed E-state index contributed by atoms with van der Waals surface area (Å²) >= 11 is 0. The number of amides is 1. The van der Waals surface area contributed by atoms with Gasteiger partial charge in [0.2, 0.25) is 5.91 Å². The summed E-state index contributed by atoms with van der Waals surface area (Å²) < 4.78 is 0. The van der Waals surface area contributed by atoms with E-state index in [-0.39, 0.29) is 24.2 Å². The van der Waals surface area contributed by atoms with Crippen LogP contribution in [0.1, 0.15) is 19.3 Å². The summed E-state index contributed by atoms with van der Waals surface area (Å²) in [6.07, 6.45) is 3.27. The van der Waals surface area contributed by atoms with Gasteiger partial charge in [-0.2, -0.15) is 0 Å². The van der Waals surface area contributed by atoms with Gasteiger partial charge in [0.25, 0.3) is 0 Å². The highest BCUT2D eigenvalue weighted by Crippen LogP contribution is 2.30. The van der Waals surface area contributed by atoms with Gasteiger partial charge in [0.05, 0.1) is 0 Å². The summed E-state index contributed by atoms with van der Waals surface area (Å²) in [6, 6.07) is 0. The zero-order valence-electron chi connectivity index (χ0n) is 10.2. The Morgan fingerprint density at radius 2 is 2.12 bits per heavy atom. The largest absolute Gasteiger partial charge is 0.355 e. The third-order valence-electron chi connectivity index (χ3n) is 3.16. The molecule has 1 fully saturated rings. The molecule has 1 aliphatic carbocycles. The number of rotatable bonds is 5. The standard InChI is InChI=1S/C11H23N3O.ClH/c1-14(2)7-6-13-11(15)10-5-3-4-9(10)8-12;/h9-10H,3-8,12H2,1-2H3,(H,13,15);1H/t9-,10-;/m1./s1. The molecule has 0 aromatic carbocycles. The molecule has 1 rings (SSSR count). The number of nitrogens with zero attached hydrogens (tertiary/aromatic N) is 1. The van der Waals surface area contributed by atoms with Gasteiger partial charge in [-0.15, -0.1) is 12.4 Å². The van der Waals surface area contributed by atoms with Crippen LogP contribution in [0.15, 0.2) is 0 Å². The second-order valence-corrected chi connectivity index (χ2v) is 4.63. The highest BCUT2D eigenvalue weighted by Gasteiger charge is 2.31. The van der Waals surface area contributed by atoms with Crippen molar-refractivity contribution < 1.29 is 4.79 Å². The topological polar surface area (TPSA) is 58.4 Å². The zero-order valence-corrected chi connectivity index (χ0v) is 11.1. The van der Waals surface area contributed by atoms with Gasteiger partial charge >= 0.3 is 0 Å². The van der Waals surface area contributed by atoms with Crippen molar-refractivity contribution >= 4 is 18.3 Å². The maximum absolute atomic E-state index is 11.8. The van der Waals surface area contributed by atoms with Gasteiger partial charge in [0.1, 0.15) is 0 Å². The molecule has 0 saturated heterocycles. The molecule has 1 aliphatic rings. The van der Waals surface area contributed by atoms with Crippen molar-refractivity contribution in [3.05, 3.63) is 0 Å². The second kappa shape index (κ2) is 7.87. The average molecular weight is 250 g/mol. The van der Waals surface area contributed by atoms with E-state index in [0.29, 0.717) is 12.5 Å². The number of hydrogen-bond acceptors (Lipinski definition) is 3. The van der Waals surface area contributed by atoms with Crippen molar-refractivity contribution in [2.75, 3.05) is 33.7 Å². The molecule has 1 amide bonds. The molecule has 0 aliphatic heterocycles. The smallest absolute Gasteiger partial charge is 0.223 e. The van der Waals surface area contributed by atoms with Gasteiger partial charge in [0.15, 0.2) is 0 Å². The lowest BCUT2D eigenvalue weighted by Crippen LogP contribution is -2.38. The van der Waals surface area contributed by atoms with Crippen LogP contribution in [0.25, 0.3) is 0 Å². The summed E-state index contributed by atoms with van der Waals surface area (Å²) in [7, 11) is 4.01. The fraction of sp³-hybridized carbons (Fsp3) is 0.909. The van der Waals surface area contributed by atoms with E-state index < -0.39 is 0 Å². The molecule has 0 heterocycles. The summed E-state index contributed by atoms with van der Waals surface area (Å²) in [5.41, 5.74) is 5.65. The Balaban J connectivity index is 0.00000225. The molecule has 2 atom stereocenters. The Kier molecular flexibility index (Phi) is 7.72.